The molecule has 0 amide bonds. The summed E-state index contributed by atoms with van der Waals surface area (Å²) in [6.07, 6.45) is 1.38. The fraction of sp³-hybridized carbons (Fsp3) is 0.214. The van der Waals surface area contributed by atoms with Crippen LogP contribution in [0.5, 0.6) is 0 Å². The molecule has 0 fully saturated rings. The minimum absolute atomic E-state index is 0.135. The first-order chi connectivity index (χ1) is 8.60. The predicted molar refractivity (Wildman–Crippen MR) is 74.0 cm³/mol. The Morgan fingerprint density at radius 1 is 1.33 bits per heavy atom. The van der Waals surface area contributed by atoms with Crippen molar-refractivity contribution in [3.05, 3.63) is 46.0 Å². The van der Waals surface area contributed by atoms with E-state index >= 15 is 0 Å². The first-order valence-corrected chi connectivity index (χ1v) is 6.89. The molecule has 0 saturated heterocycles. The van der Waals surface area contributed by atoms with Gasteiger partial charge >= 0.3 is 0 Å². The third kappa shape index (κ3) is 2.98. The lowest BCUT2D eigenvalue weighted by Crippen LogP contribution is -1.93. The molecule has 1 aromatic carbocycles. The largest absolute Gasteiger partial charge is 0.293 e. The maximum atomic E-state index is 13.3. The highest BCUT2D eigenvalue weighted by atomic mass is 35.5. The van der Waals surface area contributed by atoms with Gasteiger partial charge in [0.05, 0.1) is 4.88 Å². The van der Waals surface area contributed by atoms with Crippen LogP contribution in [-0.4, -0.2) is 5.78 Å². The van der Waals surface area contributed by atoms with Crippen LogP contribution in [0.25, 0.3) is 10.4 Å². The number of carbonyl (C=O) groups is 1. The maximum Gasteiger partial charge on any atom is 0.172 e. The number of hydrogen-bond donors (Lipinski definition) is 0. The Morgan fingerprint density at radius 2 is 2.11 bits per heavy atom. The van der Waals surface area contributed by atoms with Crippen molar-refractivity contribution in [3.8, 4) is 10.4 Å². The summed E-state index contributed by atoms with van der Waals surface area (Å²) in [5.74, 6) is -0.233. The van der Waals surface area contributed by atoms with E-state index in [0.717, 1.165) is 11.3 Å². The van der Waals surface area contributed by atoms with Crippen LogP contribution in [0.4, 0.5) is 4.39 Å². The van der Waals surface area contributed by atoms with E-state index in [1.54, 1.807) is 12.1 Å². The minimum Gasteiger partial charge on any atom is -0.293 e. The fourth-order valence-corrected chi connectivity index (χ4v) is 2.87. The standard InChI is InChI=1S/C14H12ClFOS/c1-2-3-12(17)14-5-4-13(18-14)9-6-10(15)8-11(16)7-9/h4-8H,2-3H2,1H3. The Balaban J connectivity index is 2.32. The van der Waals surface area contributed by atoms with Crippen LogP contribution < -0.4 is 0 Å². The highest BCUT2D eigenvalue weighted by Crippen LogP contribution is 2.31. The number of benzene rings is 1. The van der Waals surface area contributed by atoms with Gasteiger partial charge in [-0.1, -0.05) is 18.5 Å². The van der Waals surface area contributed by atoms with Crippen molar-refractivity contribution in [2.45, 2.75) is 19.8 Å². The topological polar surface area (TPSA) is 17.1 Å². The van der Waals surface area contributed by atoms with E-state index in [-0.39, 0.29) is 11.6 Å². The molecule has 2 aromatic rings. The quantitative estimate of drug-likeness (QED) is 0.705. The zero-order valence-corrected chi connectivity index (χ0v) is 11.4. The molecule has 0 spiro atoms. The van der Waals surface area contributed by atoms with Gasteiger partial charge in [0.15, 0.2) is 5.78 Å². The van der Waals surface area contributed by atoms with Crippen LogP contribution in [0.15, 0.2) is 30.3 Å². The lowest BCUT2D eigenvalue weighted by Gasteiger charge is -1.99. The van der Waals surface area contributed by atoms with Crippen molar-refractivity contribution >= 4 is 28.7 Å². The molecule has 0 saturated carbocycles. The second-order valence-corrected chi connectivity index (χ2v) is 5.52. The van der Waals surface area contributed by atoms with Crippen LogP contribution >= 0.6 is 22.9 Å². The summed E-state index contributed by atoms with van der Waals surface area (Å²) in [5, 5.41) is 0.361. The van der Waals surface area contributed by atoms with Gasteiger partial charge in [-0.3, -0.25) is 4.79 Å². The van der Waals surface area contributed by atoms with Crippen LogP contribution in [-0.2, 0) is 0 Å². The summed E-state index contributed by atoms with van der Waals surface area (Å²) in [5.41, 5.74) is 0.709. The number of thiophene rings is 1. The molecular weight excluding hydrogens is 271 g/mol. The van der Waals surface area contributed by atoms with Crippen LogP contribution in [0, 0.1) is 5.82 Å². The number of hydrogen-bond acceptors (Lipinski definition) is 2. The molecule has 1 nitrogen and oxygen atoms in total. The maximum absolute atomic E-state index is 13.3. The first-order valence-electron chi connectivity index (χ1n) is 5.69. The summed E-state index contributed by atoms with van der Waals surface area (Å²) in [7, 11) is 0. The van der Waals surface area contributed by atoms with E-state index in [9.17, 15) is 9.18 Å². The van der Waals surface area contributed by atoms with Crippen LogP contribution in [0.3, 0.4) is 0 Å². The van der Waals surface area contributed by atoms with Gasteiger partial charge in [-0.15, -0.1) is 11.3 Å². The lowest BCUT2D eigenvalue weighted by molar-refractivity contribution is 0.0985. The second-order valence-electron chi connectivity index (χ2n) is 4.00. The number of carbonyl (C=O) groups excluding carboxylic acids is 1. The molecule has 0 bridgehead atoms. The molecule has 0 aliphatic heterocycles. The Labute approximate surface area is 114 Å². The molecule has 4 heteroatoms. The third-order valence-electron chi connectivity index (χ3n) is 2.50. The van der Waals surface area contributed by atoms with E-state index in [4.69, 9.17) is 11.6 Å². The van der Waals surface area contributed by atoms with E-state index in [1.807, 2.05) is 13.0 Å². The summed E-state index contributed by atoms with van der Waals surface area (Å²) in [6, 6.07) is 8.01. The van der Waals surface area contributed by atoms with Crippen LogP contribution in [0.2, 0.25) is 5.02 Å². The molecule has 18 heavy (non-hydrogen) atoms. The van der Waals surface area contributed by atoms with Gasteiger partial charge in [-0.25, -0.2) is 4.39 Å². The Hall–Kier alpha value is -1.19. The van der Waals surface area contributed by atoms with E-state index in [2.05, 4.69) is 0 Å². The Kier molecular flexibility index (Phi) is 4.15. The molecule has 0 radical (unpaired) electrons. The number of Topliss-reactive ketones (excluding diaryl/α,β-unsaturated/α-hetero) is 1. The molecule has 94 valence electrons. The van der Waals surface area contributed by atoms with Gasteiger partial charge < -0.3 is 0 Å². The predicted octanol–water partition coefficient (Wildman–Crippen LogP) is 5.19. The molecule has 0 unspecified atom stereocenters. The van der Waals surface area contributed by atoms with Crippen molar-refractivity contribution in [1.82, 2.24) is 0 Å². The Morgan fingerprint density at radius 3 is 2.78 bits per heavy atom. The molecule has 0 aliphatic carbocycles. The highest BCUT2D eigenvalue weighted by molar-refractivity contribution is 7.17. The fourth-order valence-electron chi connectivity index (χ4n) is 1.69. The molecule has 1 aromatic heterocycles. The van der Waals surface area contributed by atoms with E-state index in [0.29, 0.717) is 21.9 Å². The lowest BCUT2D eigenvalue weighted by atomic mass is 10.2. The number of ketones is 1. The average molecular weight is 283 g/mol. The molecule has 1 heterocycles. The van der Waals surface area contributed by atoms with E-state index in [1.165, 1.54) is 23.5 Å². The van der Waals surface area contributed by atoms with Gasteiger partial charge in [0.25, 0.3) is 0 Å². The van der Waals surface area contributed by atoms with Gasteiger partial charge in [0.1, 0.15) is 5.82 Å². The smallest absolute Gasteiger partial charge is 0.172 e. The summed E-state index contributed by atoms with van der Waals surface area (Å²) < 4.78 is 13.3. The normalized spacial score (nSPS) is 10.6. The average Bonchev–Trinajstić information content (AvgIpc) is 2.77. The molecule has 2 rings (SSSR count). The van der Waals surface area contributed by atoms with Crippen LogP contribution in [0.1, 0.15) is 29.4 Å². The number of halogens is 2. The van der Waals surface area contributed by atoms with Crippen molar-refractivity contribution in [2.75, 3.05) is 0 Å². The number of rotatable bonds is 4. The zero-order chi connectivity index (χ0) is 13.1. The second kappa shape index (κ2) is 5.63. The highest BCUT2D eigenvalue weighted by Gasteiger charge is 2.10. The van der Waals surface area contributed by atoms with E-state index < -0.39 is 0 Å². The van der Waals surface area contributed by atoms with Crippen molar-refractivity contribution in [2.24, 2.45) is 0 Å². The van der Waals surface area contributed by atoms with Gasteiger partial charge in [-0.05, 0) is 42.3 Å². The molecular formula is C14H12ClFOS. The van der Waals surface area contributed by atoms with Crippen molar-refractivity contribution in [3.63, 3.8) is 0 Å². The molecule has 0 aliphatic rings. The monoisotopic (exact) mass is 282 g/mol. The van der Waals surface area contributed by atoms with Gasteiger partial charge in [-0.2, -0.15) is 0 Å². The SMILES string of the molecule is CCCC(=O)c1ccc(-c2cc(F)cc(Cl)c2)s1. The summed E-state index contributed by atoms with van der Waals surface area (Å²) in [4.78, 5) is 13.3. The summed E-state index contributed by atoms with van der Waals surface area (Å²) >= 11 is 7.19. The molecule has 0 atom stereocenters. The van der Waals surface area contributed by atoms with Gasteiger partial charge in [0.2, 0.25) is 0 Å². The molecule has 0 N–H and O–H groups in total. The van der Waals surface area contributed by atoms with Crippen molar-refractivity contribution < 1.29 is 9.18 Å². The summed E-state index contributed by atoms with van der Waals surface area (Å²) in [6.45, 7) is 1.97. The van der Waals surface area contributed by atoms with Crippen molar-refractivity contribution in [1.29, 1.82) is 0 Å². The first kappa shape index (κ1) is 13.2. The Bertz CT molecular complexity index is 557. The third-order valence-corrected chi connectivity index (χ3v) is 3.90. The zero-order valence-electron chi connectivity index (χ0n) is 9.87. The van der Waals surface area contributed by atoms with Gasteiger partial charge in [0, 0.05) is 16.3 Å². The minimum atomic E-state index is -0.368.